The van der Waals surface area contributed by atoms with Gasteiger partial charge in [0.15, 0.2) is 6.61 Å². The molecule has 27 heavy (non-hydrogen) atoms. The second-order valence-electron chi connectivity index (χ2n) is 5.23. The van der Waals surface area contributed by atoms with E-state index in [1.54, 1.807) is 43.5 Å². The summed E-state index contributed by atoms with van der Waals surface area (Å²) in [5.41, 5.74) is 0.309. The van der Waals surface area contributed by atoms with Gasteiger partial charge in [0.25, 0.3) is 0 Å². The number of ketones is 1. The molecular weight excluding hydrogens is 410 g/mol. The molecule has 1 N–H and O–H groups in total. The van der Waals surface area contributed by atoms with Crippen LogP contribution in [0, 0.1) is 0 Å². The number of thioether (sulfide) groups is 1. The quantitative estimate of drug-likeness (QED) is 0.271. The monoisotopic (exact) mass is 427 g/mol. The SMILES string of the molecule is COCCNC(=O)CSc1ccccc1C(=O)OCC(=O)c1ccc(Cl)s1. The molecule has 2 rings (SSSR count). The summed E-state index contributed by atoms with van der Waals surface area (Å²) in [4.78, 5) is 37.2. The van der Waals surface area contributed by atoms with Gasteiger partial charge < -0.3 is 14.8 Å². The second-order valence-corrected chi connectivity index (χ2v) is 7.96. The number of rotatable bonds is 10. The highest BCUT2D eigenvalue weighted by Gasteiger charge is 2.17. The molecule has 0 bridgehead atoms. The smallest absolute Gasteiger partial charge is 0.339 e. The van der Waals surface area contributed by atoms with Crippen LogP contribution >= 0.6 is 34.7 Å². The zero-order valence-corrected chi connectivity index (χ0v) is 16.9. The van der Waals surface area contributed by atoms with Crippen molar-refractivity contribution in [1.82, 2.24) is 5.32 Å². The lowest BCUT2D eigenvalue weighted by molar-refractivity contribution is -0.118. The summed E-state index contributed by atoms with van der Waals surface area (Å²) in [6, 6.07) is 9.99. The zero-order valence-electron chi connectivity index (χ0n) is 14.5. The van der Waals surface area contributed by atoms with Gasteiger partial charge in [-0.05, 0) is 24.3 Å². The van der Waals surface area contributed by atoms with Crippen molar-refractivity contribution in [2.24, 2.45) is 0 Å². The molecule has 6 nitrogen and oxygen atoms in total. The summed E-state index contributed by atoms with van der Waals surface area (Å²) in [5.74, 6) is -0.942. The first-order valence-corrected chi connectivity index (χ1v) is 10.1. The van der Waals surface area contributed by atoms with Crippen LogP contribution in [0.15, 0.2) is 41.3 Å². The van der Waals surface area contributed by atoms with E-state index in [9.17, 15) is 14.4 Å². The lowest BCUT2D eigenvalue weighted by Crippen LogP contribution is -2.28. The number of thiophene rings is 1. The van der Waals surface area contributed by atoms with Gasteiger partial charge in [-0.2, -0.15) is 0 Å². The Kier molecular flexibility index (Phi) is 8.80. The molecule has 1 amide bonds. The summed E-state index contributed by atoms with van der Waals surface area (Å²) in [7, 11) is 1.56. The minimum Gasteiger partial charge on any atom is -0.454 e. The van der Waals surface area contributed by atoms with E-state index in [4.69, 9.17) is 21.1 Å². The first kappa shape index (κ1) is 21.4. The van der Waals surface area contributed by atoms with Crippen LogP contribution in [0.4, 0.5) is 0 Å². The van der Waals surface area contributed by atoms with Crippen molar-refractivity contribution >= 4 is 52.4 Å². The van der Waals surface area contributed by atoms with Crippen LogP contribution in [-0.2, 0) is 14.3 Å². The first-order valence-electron chi connectivity index (χ1n) is 7.94. The standard InChI is InChI=1S/C18H18ClNO5S2/c1-24-9-8-20-17(22)11-26-14-5-3-2-4-12(14)18(23)25-10-13(21)15-6-7-16(19)27-15/h2-7H,8-11H2,1H3,(H,20,22). The second kappa shape index (κ2) is 11.1. The fraction of sp³-hybridized carbons (Fsp3) is 0.278. The third kappa shape index (κ3) is 6.99. The molecular formula is C18H18ClNO5S2. The molecule has 0 radical (unpaired) electrons. The molecule has 0 aliphatic heterocycles. The minimum atomic E-state index is -0.617. The summed E-state index contributed by atoms with van der Waals surface area (Å²) in [6.07, 6.45) is 0. The highest BCUT2D eigenvalue weighted by molar-refractivity contribution is 8.00. The van der Waals surface area contributed by atoms with Gasteiger partial charge in [-0.25, -0.2) is 4.79 Å². The number of hydrogen-bond acceptors (Lipinski definition) is 7. The van der Waals surface area contributed by atoms with E-state index in [1.807, 2.05) is 0 Å². The molecule has 0 atom stereocenters. The van der Waals surface area contributed by atoms with Crippen LogP contribution in [0.25, 0.3) is 0 Å². The van der Waals surface area contributed by atoms with Gasteiger partial charge >= 0.3 is 5.97 Å². The van der Waals surface area contributed by atoms with Crippen LogP contribution in [0.3, 0.4) is 0 Å². The molecule has 0 saturated heterocycles. The van der Waals surface area contributed by atoms with Crippen LogP contribution in [0.5, 0.6) is 0 Å². The Labute approximate surface area is 170 Å². The highest BCUT2D eigenvalue weighted by atomic mass is 35.5. The summed E-state index contributed by atoms with van der Waals surface area (Å²) >= 11 is 8.15. The number of esters is 1. The molecule has 9 heteroatoms. The van der Waals surface area contributed by atoms with Gasteiger partial charge in [0.1, 0.15) is 0 Å². The molecule has 2 aromatic rings. The maximum atomic E-state index is 12.3. The number of nitrogens with one attached hydrogen (secondary N) is 1. The van der Waals surface area contributed by atoms with E-state index < -0.39 is 5.97 Å². The predicted octanol–water partition coefficient (Wildman–Crippen LogP) is 3.30. The summed E-state index contributed by atoms with van der Waals surface area (Å²) in [6.45, 7) is 0.489. The number of carbonyl (C=O) groups excluding carboxylic acids is 3. The predicted molar refractivity (Wildman–Crippen MR) is 106 cm³/mol. The third-order valence-electron chi connectivity index (χ3n) is 3.28. The lowest BCUT2D eigenvalue weighted by Gasteiger charge is -2.09. The number of methoxy groups -OCH3 is 1. The van der Waals surface area contributed by atoms with Crippen molar-refractivity contribution in [2.75, 3.05) is 32.6 Å². The first-order chi connectivity index (χ1) is 13.0. The van der Waals surface area contributed by atoms with Crippen molar-refractivity contribution < 1.29 is 23.9 Å². The number of amides is 1. The maximum absolute atomic E-state index is 12.3. The van der Waals surface area contributed by atoms with Gasteiger partial charge in [0.2, 0.25) is 11.7 Å². The Morgan fingerprint density at radius 1 is 1.19 bits per heavy atom. The van der Waals surface area contributed by atoms with Crippen molar-refractivity contribution in [1.29, 1.82) is 0 Å². The van der Waals surface area contributed by atoms with Crippen molar-refractivity contribution in [3.63, 3.8) is 0 Å². The average molecular weight is 428 g/mol. The van der Waals surface area contributed by atoms with Crippen molar-refractivity contribution in [2.45, 2.75) is 4.90 Å². The molecule has 1 aromatic heterocycles. The Hall–Kier alpha value is -1.87. The third-order valence-corrected chi connectivity index (χ3v) is 5.62. The van der Waals surface area contributed by atoms with Gasteiger partial charge in [-0.15, -0.1) is 23.1 Å². The van der Waals surface area contributed by atoms with E-state index in [2.05, 4.69) is 5.32 Å². The lowest BCUT2D eigenvalue weighted by atomic mass is 10.2. The molecule has 0 aliphatic rings. The largest absolute Gasteiger partial charge is 0.454 e. The van der Waals surface area contributed by atoms with E-state index in [1.165, 1.54) is 11.8 Å². The molecule has 0 fully saturated rings. The number of hydrogen-bond donors (Lipinski definition) is 1. The highest BCUT2D eigenvalue weighted by Crippen LogP contribution is 2.24. The Morgan fingerprint density at radius 2 is 1.96 bits per heavy atom. The number of ether oxygens (including phenoxy) is 2. The molecule has 0 unspecified atom stereocenters. The van der Waals surface area contributed by atoms with Crippen LogP contribution < -0.4 is 5.32 Å². The fourth-order valence-corrected chi connectivity index (χ4v) is 3.83. The van der Waals surface area contributed by atoms with E-state index in [-0.39, 0.29) is 24.1 Å². The van der Waals surface area contributed by atoms with Gasteiger partial charge in [0, 0.05) is 18.6 Å². The van der Waals surface area contributed by atoms with Gasteiger partial charge in [-0.3, -0.25) is 9.59 Å². The summed E-state index contributed by atoms with van der Waals surface area (Å²) in [5, 5.41) is 2.71. The molecule has 144 valence electrons. The fourth-order valence-electron chi connectivity index (χ4n) is 1.99. The number of benzene rings is 1. The molecule has 0 saturated carbocycles. The average Bonchev–Trinajstić information content (AvgIpc) is 3.11. The topological polar surface area (TPSA) is 81.7 Å². The van der Waals surface area contributed by atoms with Crippen LogP contribution in [0.1, 0.15) is 20.0 Å². The number of halogens is 1. The van der Waals surface area contributed by atoms with E-state index in [0.29, 0.717) is 32.8 Å². The minimum absolute atomic E-state index is 0.153. The van der Waals surface area contributed by atoms with Crippen molar-refractivity contribution in [3.05, 3.63) is 51.2 Å². The molecule has 0 aliphatic carbocycles. The maximum Gasteiger partial charge on any atom is 0.339 e. The summed E-state index contributed by atoms with van der Waals surface area (Å²) < 4.78 is 10.5. The molecule has 1 heterocycles. The van der Waals surface area contributed by atoms with Crippen LogP contribution in [0.2, 0.25) is 4.34 Å². The Bertz CT molecular complexity index is 809. The number of Topliss-reactive ketones (excluding diaryl/α,β-unsaturated/α-hetero) is 1. The van der Waals surface area contributed by atoms with Crippen molar-refractivity contribution in [3.8, 4) is 0 Å². The number of carbonyl (C=O) groups is 3. The Morgan fingerprint density at radius 3 is 2.67 bits per heavy atom. The van der Waals surface area contributed by atoms with E-state index in [0.717, 1.165) is 11.3 Å². The zero-order chi connectivity index (χ0) is 19.6. The Balaban J connectivity index is 1.90. The molecule has 0 spiro atoms. The molecule has 1 aromatic carbocycles. The van der Waals surface area contributed by atoms with Gasteiger partial charge in [0.05, 0.1) is 27.1 Å². The van der Waals surface area contributed by atoms with E-state index >= 15 is 0 Å². The normalized spacial score (nSPS) is 10.4. The van der Waals surface area contributed by atoms with Crippen LogP contribution in [-0.4, -0.2) is 50.3 Å². The van der Waals surface area contributed by atoms with Gasteiger partial charge in [-0.1, -0.05) is 23.7 Å².